The fraction of sp³-hybridized carbons (Fsp3) is 0. The fourth-order valence-electron chi connectivity index (χ4n) is 1.29. The number of thiophene rings is 1. The Hall–Kier alpha value is -1.34. The minimum Gasteiger partial charge on any atom is -0.316 e. The van der Waals surface area contributed by atoms with Crippen molar-refractivity contribution >= 4 is 38.9 Å². The molecular formula is C11H5BrF3NOS. The highest BCUT2D eigenvalue weighted by Crippen LogP contribution is 2.26. The normalized spacial score (nSPS) is 10.4. The van der Waals surface area contributed by atoms with E-state index in [0.29, 0.717) is 16.6 Å². The Kier molecular flexibility index (Phi) is 3.72. The van der Waals surface area contributed by atoms with Gasteiger partial charge < -0.3 is 5.32 Å². The predicted octanol–water partition coefficient (Wildman–Crippen LogP) is 4.18. The average molecular weight is 336 g/mol. The monoisotopic (exact) mass is 335 g/mol. The highest BCUT2D eigenvalue weighted by molar-refractivity contribution is 9.10. The summed E-state index contributed by atoms with van der Waals surface area (Å²) in [5.41, 5.74) is -0.665. The SMILES string of the molecule is O=C(Nc1c(F)cc(F)cc1F)c1sccc1Br. The predicted molar refractivity (Wildman–Crippen MR) is 66.3 cm³/mol. The van der Waals surface area contributed by atoms with Crippen molar-refractivity contribution < 1.29 is 18.0 Å². The van der Waals surface area contributed by atoms with Crippen LogP contribution in [0.2, 0.25) is 0 Å². The quantitative estimate of drug-likeness (QED) is 0.876. The molecule has 0 aliphatic rings. The molecule has 0 fully saturated rings. The average Bonchev–Trinajstić information content (AvgIpc) is 2.69. The molecule has 1 amide bonds. The summed E-state index contributed by atoms with van der Waals surface area (Å²) in [5, 5.41) is 3.72. The third kappa shape index (κ3) is 2.56. The van der Waals surface area contributed by atoms with Gasteiger partial charge in [-0.05, 0) is 27.4 Å². The van der Waals surface area contributed by atoms with Crippen LogP contribution in [0, 0.1) is 17.5 Å². The number of anilines is 1. The second-order valence-corrected chi connectivity index (χ2v) is 5.07. The zero-order chi connectivity index (χ0) is 13.3. The maximum absolute atomic E-state index is 13.3. The van der Waals surface area contributed by atoms with E-state index in [1.54, 1.807) is 11.4 Å². The van der Waals surface area contributed by atoms with Gasteiger partial charge in [0.2, 0.25) is 0 Å². The Bertz CT molecular complexity index is 591. The van der Waals surface area contributed by atoms with E-state index in [-0.39, 0.29) is 4.88 Å². The van der Waals surface area contributed by atoms with E-state index in [9.17, 15) is 18.0 Å². The van der Waals surface area contributed by atoms with Crippen molar-refractivity contribution in [3.63, 3.8) is 0 Å². The van der Waals surface area contributed by atoms with Crippen LogP contribution in [0.25, 0.3) is 0 Å². The lowest BCUT2D eigenvalue weighted by molar-refractivity contribution is 0.102. The Morgan fingerprint density at radius 3 is 2.33 bits per heavy atom. The van der Waals surface area contributed by atoms with E-state index >= 15 is 0 Å². The van der Waals surface area contributed by atoms with Gasteiger partial charge in [0.25, 0.3) is 5.91 Å². The topological polar surface area (TPSA) is 29.1 Å². The molecule has 0 saturated carbocycles. The van der Waals surface area contributed by atoms with Gasteiger partial charge in [0.15, 0.2) is 11.6 Å². The second kappa shape index (κ2) is 5.11. The van der Waals surface area contributed by atoms with Crippen molar-refractivity contribution in [3.05, 3.63) is 50.4 Å². The first-order chi connectivity index (χ1) is 8.49. The lowest BCUT2D eigenvalue weighted by Crippen LogP contribution is -2.13. The number of hydrogen-bond acceptors (Lipinski definition) is 2. The van der Waals surface area contributed by atoms with Gasteiger partial charge >= 0.3 is 0 Å². The van der Waals surface area contributed by atoms with Crippen molar-refractivity contribution in [1.29, 1.82) is 0 Å². The molecular weight excluding hydrogens is 331 g/mol. The van der Waals surface area contributed by atoms with Crippen LogP contribution in [0.15, 0.2) is 28.1 Å². The first-order valence-electron chi connectivity index (χ1n) is 4.68. The molecule has 0 unspecified atom stereocenters. The number of carbonyl (C=O) groups is 1. The minimum atomic E-state index is -1.16. The summed E-state index contributed by atoms with van der Waals surface area (Å²) in [6.07, 6.45) is 0. The van der Waals surface area contributed by atoms with Crippen molar-refractivity contribution in [2.24, 2.45) is 0 Å². The number of nitrogens with one attached hydrogen (secondary N) is 1. The van der Waals surface area contributed by atoms with Crippen LogP contribution < -0.4 is 5.32 Å². The van der Waals surface area contributed by atoms with E-state index in [1.165, 1.54) is 0 Å². The van der Waals surface area contributed by atoms with Crippen molar-refractivity contribution in [2.75, 3.05) is 5.32 Å². The number of benzene rings is 1. The summed E-state index contributed by atoms with van der Waals surface area (Å²) >= 11 is 4.24. The van der Waals surface area contributed by atoms with Crippen LogP contribution in [-0.2, 0) is 0 Å². The molecule has 2 rings (SSSR count). The van der Waals surface area contributed by atoms with E-state index < -0.39 is 29.0 Å². The van der Waals surface area contributed by atoms with Crippen LogP contribution in [0.4, 0.5) is 18.9 Å². The number of rotatable bonds is 2. The highest BCUT2D eigenvalue weighted by atomic mass is 79.9. The van der Waals surface area contributed by atoms with Gasteiger partial charge in [0.05, 0.1) is 0 Å². The van der Waals surface area contributed by atoms with Gasteiger partial charge in [-0.25, -0.2) is 13.2 Å². The first kappa shape index (κ1) is 13.1. The molecule has 1 N–H and O–H groups in total. The van der Waals surface area contributed by atoms with E-state index in [1.807, 2.05) is 0 Å². The van der Waals surface area contributed by atoms with Gasteiger partial charge in [-0.1, -0.05) is 0 Å². The van der Waals surface area contributed by atoms with Gasteiger partial charge in [-0.3, -0.25) is 4.79 Å². The van der Waals surface area contributed by atoms with Gasteiger partial charge in [-0.2, -0.15) is 0 Å². The number of hydrogen-bond donors (Lipinski definition) is 1. The summed E-state index contributed by atoms with van der Waals surface area (Å²) in [4.78, 5) is 12.0. The molecule has 7 heteroatoms. The summed E-state index contributed by atoms with van der Waals surface area (Å²) in [7, 11) is 0. The molecule has 0 aliphatic heterocycles. The standard InChI is InChI=1S/C11H5BrF3NOS/c12-6-1-2-18-10(6)11(17)16-9-7(14)3-5(13)4-8(9)15/h1-4H,(H,16,17). The largest absolute Gasteiger partial charge is 0.316 e. The molecule has 0 atom stereocenters. The maximum Gasteiger partial charge on any atom is 0.267 e. The van der Waals surface area contributed by atoms with Gasteiger partial charge in [0, 0.05) is 16.6 Å². The van der Waals surface area contributed by atoms with Gasteiger partial charge in [0.1, 0.15) is 16.4 Å². The Morgan fingerprint density at radius 2 is 1.83 bits per heavy atom. The lowest BCUT2D eigenvalue weighted by Gasteiger charge is -2.07. The van der Waals surface area contributed by atoms with Crippen molar-refractivity contribution in [1.82, 2.24) is 0 Å². The Labute approximate surface area is 113 Å². The molecule has 94 valence electrons. The van der Waals surface area contributed by atoms with E-state index in [4.69, 9.17) is 0 Å². The smallest absolute Gasteiger partial charge is 0.267 e. The third-order valence-corrected chi connectivity index (χ3v) is 3.91. The summed E-state index contributed by atoms with van der Waals surface area (Å²) < 4.78 is 39.8. The van der Waals surface area contributed by atoms with Crippen LogP contribution in [0.5, 0.6) is 0 Å². The molecule has 2 aromatic rings. The molecule has 0 bridgehead atoms. The summed E-state index contributed by atoms with van der Waals surface area (Å²) in [5.74, 6) is -4.02. The third-order valence-electron chi connectivity index (χ3n) is 2.07. The molecule has 0 saturated heterocycles. The lowest BCUT2D eigenvalue weighted by atomic mass is 10.2. The molecule has 1 heterocycles. The molecule has 0 aliphatic carbocycles. The number of carbonyl (C=O) groups excluding carboxylic acids is 1. The zero-order valence-corrected chi connectivity index (χ0v) is 11.0. The molecule has 2 nitrogen and oxygen atoms in total. The fourth-order valence-corrected chi connectivity index (χ4v) is 2.73. The highest BCUT2D eigenvalue weighted by Gasteiger charge is 2.17. The van der Waals surface area contributed by atoms with Crippen molar-refractivity contribution in [2.45, 2.75) is 0 Å². The zero-order valence-electron chi connectivity index (χ0n) is 8.64. The molecule has 0 radical (unpaired) electrons. The van der Waals surface area contributed by atoms with Gasteiger partial charge in [-0.15, -0.1) is 11.3 Å². The summed E-state index contributed by atoms with van der Waals surface area (Å²) in [6.45, 7) is 0. The number of halogens is 4. The Morgan fingerprint density at radius 1 is 1.22 bits per heavy atom. The minimum absolute atomic E-state index is 0.276. The molecule has 0 spiro atoms. The van der Waals surface area contributed by atoms with Crippen LogP contribution in [-0.4, -0.2) is 5.91 Å². The van der Waals surface area contributed by atoms with E-state index in [0.717, 1.165) is 11.3 Å². The maximum atomic E-state index is 13.3. The van der Waals surface area contributed by atoms with Crippen LogP contribution >= 0.6 is 27.3 Å². The molecule has 1 aromatic carbocycles. The summed E-state index contributed by atoms with van der Waals surface area (Å²) in [6, 6.07) is 2.64. The number of amides is 1. The molecule has 18 heavy (non-hydrogen) atoms. The van der Waals surface area contributed by atoms with Crippen LogP contribution in [0.1, 0.15) is 9.67 Å². The Balaban J connectivity index is 2.31. The van der Waals surface area contributed by atoms with E-state index in [2.05, 4.69) is 21.2 Å². The second-order valence-electron chi connectivity index (χ2n) is 3.30. The first-order valence-corrected chi connectivity index (χ1v) is 6.35. The van der Waals surface area contributed by atoms with Crippen LogP contribution in [0.3, 0.4) is 0 Å². The molecule has 1 aromatic heterocycles. The van der Waals surface area contributed by atoms with Crippen molar-refractivity contribution in [3.8, 4) is 0 Å².